The van der Waals surface area contributed by atoms with Crippen LogP contribution in [0.15, 0.2) is 99.2 Å². The van der Waals surface area contributed by atoms with Crippen molar-refractivity contribution in [2.24, 2.45) is 5.92 Å². The molecule has 0 aliphatic carbocycles. The average Bonchev–Trinajstić information content (AvgIpc) is 3.54. The maximum atomic E-state index is 14.0. The first kappa shape index (κ1) is 30.3. The second kappa shape index (κ2) is 12.4. The number of rotatable bonds is 8. The van der Waals surface area contributed by atoms with Gasteiger partial charge in [-0.15, -0.1) is 0 Å². The normalized spacial score (nSPS) is 18.7. The second-order valence-electron chi connectivity index (χ2n) is 10.8. The molecule has 2 aliphatic heterocycles. The number of aromatic amines is 1. The molecule has 3 heterocycles. The number of nitrogens with zero attached hydrogens (tertiary/aromatic N) is 1. The van der Waals surface area contributed by atoms with Gasteiger partial charge in [-0.25, -0.2) is 4.90 Å². The highest BCUT2D eigenvalue weighted by molar-refractivity contribution is 9.10. The molecule has 1 saturated heterocycles. The Morgan fingerprint density at radius 1 is 0.913 bits per heavy atom. The Bertz CT molecular complexity index is 2060. The first-order valence-corrected chi connectivity index (χ1v) is 17.0. The molecule has 0 spiro atoms. The maximum Gasteiger partial charge on any atom is 0.305 e. The van der Waals surface area contributed by atoms with Gasteiger partial charge < -0.3 is 19.8 Å². The summed E-state index contributed by atoms with van der Waals surface area (Å²) in [5.74, 6) is -1.56. The quantitative estimate of drug-likeness (QED) is 0.175. The Hall–Kier alpha value is -4.39. The minimum Gasteiger partial charge on any atom is -0.490 e. The summed E-state index contributed by atoms with van der Waals surface area (Å²) >= 11 is 5.67. The van der Waals surface area contributed by atoms with Gasteiger partial charge >= 0.3 is 4.87 Å². The first-order valence-electron chi connectivity index (χ1n) is 14.5. The predicted molar refractivity (Wildman–Crippen MR) is 182 cm³/mol. The van der Waals surface area contributed by atoms with E-state index in [1.54, 1.807) is 42.5 Å². The number of hydrogen-bond acceptors (Lipinski definition) is 8. The van der Waals surface area contributed by atoms with Crippen molar-refractivity contribution in [3.63, 3.8) is 0 Å². The van der Waals surface area contributed by atoms with Gasteiger partial charge in [-0.3, -0.25) is 19.2 Å². The lowest BCUT2D eigenvalue weighted by atomic mass is 9.83. The number of carbonyl (C=O) groups excluding carboxylic acids is 3. The molecule has 12 heteroatoms. The Labute approximate surface area is 280 Å². The van der Waals surface area contributed by atoms with Gasteiger partial charge in [-0.2, -0.15) is 0 Å². The first-order chi connectivity index (χ1) is 22.3. The van der Waals surface area contributed by atoms with E-state index in [-0.39, 0.29) is 29.2 Å². The molecule has 0 radical (unpaired) electrons. The number of nitrogens with one attached hydrogen (secondary N) is 2. The lowest BCUT2D eigenvalue weighted by Crippen LogP contribution is -2.32. The van der Waals surface area contributed by atoms with Crippen molar-refractivity contribution in [1.82, 2.24) is 4.98 Å². The summed E-state index contributed by atoms with van der Waals surface area (Å²) in [6.07, 6.45) is 0. The van der Waals surface area contributed by atoms with Gasteiger partial charge in [0, 0.05) is 21.0 Å². The number of anilines is 2. The van der Waals surface area contributed by atoms with Gasteiger partial charge in [0.15, 0.2) is 18.1 Å². The van der Waals surface area contributed by atoms with Crippen molar-refractivity contribution in [2.75, 3.05) is 23.4 Å². The van der Waals surface area contributed by atoms with Crippen LogP contribution >= 0.6 is 39.0 Å². The van der Waals surface area contributed by atoms with Crippen LogP contribution < -0.4 is 24.6 Å². The van der Waals surface area contributed by atoms with Crippen molar-refractivity contribution in [1.29, 1.82) is 0 Å². The molecular formula is C34H26BrN3O6S2. The zero-order valence-corrected chi connectivity index (χ0v) is 27.5. The molecule has 3 atom stereocenters. The second-order valence-corrected chi connectivity index (χ2v) is 13.9. The predicted octanol–water partition coefficient (Wildman–Crippen LogP) is 6.56. The number of thioether (sulfide) groups is 1. The standard InChI is InChI=1S/C34H26BrN3O6S2/c1-2-43-25-16-20(8-14-24(25)44-17-26(39)36-22-11-7-18-5-3-4-6-19(18)15-22)27-28-30(45-31-29(27)46-34(42)37-31)33(41)38(32(28)40)23-12-9-21(35)10-13-23/h3-16,27-28,30H,2,17H2,1H3,(H,36,39)(H,37,42)/t27-,28?,30?/m1/s1. The van der Waals surface area contributed by atoms with Crippen LogP contribution in [-0.2, 0) is 14.4 Å². The SMILES string of the molecule is CCOc1cc([C@H]2c3sc(=O)[nH]c3SC3C(=O)N(c4ccc(Br)cc4)C(=O)C32)ccc1OCC(=O)Nc1ccc2ccccc2c1. The van der Waals surface area contributed by atoms with E-state index in [1.165, 1.54) is 16.7 Å². The number of amides is 3. The molecule has 5 aromatic rings. The van der Waals surface area contributed by atoms with Crippen LogP contribution in [0.5, 0.6) is 11.5 Å². The van der Waals surface area contributed by atoms with Crippen molar-refractivity contribution in [3.05, 3.63) is 110 Å². The number of fused-ring (bicyclic) bond motifs is 3. The number of hydrogen-bond donors (Lipinski definition) is 2. The fourth-order valence-electron chi connectivity index (χ4n) is 5.93. The van der Waals surface area contributed by atoms with E-state index >= 15 is 0 Å². The molecule has 2 aliphatic rings. The number of H-pyrrole nitrogens is 1. The molecule has 232 valence electrons. The van der Waals surface area contributed by atoms with E-state index in [0.29, 0.717) is 44.9 Å². The van der Waals surface area contributed by atoms with E-state index in [4.69, 9.17) is 9.47 Å². The van der Waals surface area contributed by atoms with Crippen molar-refractivity contribution in [2.45, 2.75) is 23.1 Å². The van der Waals surface area contributed by atoms with Gasteiger partial charge in [0.1, 0.15) is 5.25 Å². The summed E-state index contributed by atoms with van der Waals surface area (Å²) in [5.41, 5.74) is 1.85. The zero-order chi connectivity index (χ0) is 31.9. The fourth-order valence-corrected chi connectivity index (χ4v) is 8.71. The molecule has 7 rings (SSSR count). The number of thiazole rings is 1. The third-order valence-electron chi connectivity index (χ3n) is 7.93. The number of carbonyl (C=O) groups is 3. The highest BCUT2D eigenvalue weighted by atomic mass is 79.9. The third-order valence-corrected chi connectivity index (χ3v) is 10.9. The summed E-state index contributed by atoms with van der Waals surface area (Å²) in [6.45, 7) is 1.91. The van der Waals surface area contributed by atoms with Gasteiger partial charge in [-0.1, -0.05) is 75.4 Å². The summed E-state index contributed by atoms with van der Waals surface area (Å²) in [5, 5.41) is 4.82. The molecule has 9 nitrogen and oxygen atoms in total. The number of halogens is 1. The average molecular weight is 717 g/mol. The summed E-state index contributed by atoms with van der Waals surface area (Å²) in [7, 11) is 0. The molecule has 1 aromatic heterocycles. The largest absolute Gasteiger partial charge is 0.490 e. The highest BCUT2D eigenvalue weighted by Gasteiger charge is 2.56. The van der Waals surface area contributed by atoms with Gasteiger partial charge in [0.2, 0.25) is 11.8 Å². The summed E-state index contributed by atoms with van der Waals surface area (Å²) < 4.78 is 12.7. The topological polar surface area (TPSA) is 118 Å². The molecule has 2 unspecified atom stereocenters. The Morgan fingerprint density at radius 3 is 2.48 bits per heavy atom. The number of imide groups is 1. The van der Waals surface area contributed by atoms with Crippen molar-refractivity contribution >= 4 is 78.9 Å². The molecule has 46 heavy (non-hydrogen) atoms. The third kappa shape index (κ3) is 5.61. The van der Waals surface area contributed by atoms with Crippen LogP contribution in [0.25, 0.3) is 10.8 Å². The smallest absolute Gasteiger partial charge is 0.305 e. The van der Waals surface area contributed by atoms with Gasteiger partial charge in [-0.05, 0) is 71.8 Å². The van der Waals surface area contributed by atoms with Crippen molar-refractivity contribution < 1.29 is 23.9 Å². The van der Waals surface area contributed by atoms with Crippen LogP contribution in [0.4, 0.5) is 11.4 Å². The number of ether oxygens (including phenoxy) is 2. The molecule has 1 fully saturated rings. The lowest BCUT2D eigenvalue weighted by molar-refractivity contribution is -0.122. The zero-order valence-electron chi connectivity index (χ0n) is 24.3. The van der Waals surface area contributed by atoms with Crippen LogP contribution in [0, 0.1) is 5.92 Å². The van der Waals surface area contributed by atoms with Crippen LogP contribution in [0.3, 0.4) is 0 Å². The van der Waals surface area contributed by atoms with Crippen molar-refractivity contribution in [3.8, 4) is 11.5 Å². The molecule has 2 N–H and O–H groups in total. The Balaban J connectivity index is 1.16. The van der Waals surface area contributed by atoms with E-state index < -0.39 is 17.1 Å². The molecule has 3 amide bonds. The number of aromatic nitrogens is 1. The Morgan fingerprint density at radius 2 is 1.70 bits per heavy atom. The minimum atomic E-state index is -0.742. The van der Waals surface area contributed by atoms with E-state index in [0.717, 1.165) is 26.6 Å². The molecular weight excluding hydrogens is 690 g/mol. The van der Waals surface area contributed by atoms with E-state index in [1.807, 2.05) is 49.4 Å². The maximum absolute atomic E-state index is 14.0. The molecule has 4 aromatic carbocycles. The van der Waals surface area contributed by atoms with Gasteiger partial charge in [0.05, 0.1) is 23.2 Å². The minimum absolute atomic E-state index is 0.254. The monoisotopic (exact) mass is 715 g/mol. The molecule has 0 bridgehead atoms. The lowest BCUT2D eigenvalue weighted by Gasteiger charge is -2.30. The van der Waals surface area contributed by atoms with E-state index in [9.17, 15) is 19.2 Å². The molecule has 0 saturated carbocycles. The van der Waals surface area contributed by atoms with Gasteiger partial charge in [0.25, 0.3) is 5.91 Å². The van der Waals surface area contributed by atoms with Crippen LogP contribution in [0.2, 0.25) is 0 Å². The fraction of sp³-hybridized carbons (Fsp3) is 0.176. The van der Waals surface area contributed by atoms with Crippen LogP contribution in [-0.4, -0.2) is 41.2 Å². The highest BCUT2D eigenvalue weighted by Crippen LogP contribution is 2.53. The van der Waals surface area contributed by atoms with Crippen LogP contribution in [0.1, 0.15) is 23.3 Å². The Kier molecular flexibility index (Phi) is 8.18. The summed E-state index contributed by atoms with van der Waals surface area (Å²) in [6, 6.07) is 25.9. The summed E-state index contributed by atoms with van der Waals surface area (Å²) in [4.78, 5) is 57.5. The number of benzene rings is 4. The van der Waals surface area contributed by atoms with E-state index in [2.05, 4.69) is 26.2 Å².